The first-order valence-corrected chi connectivity index (χ1v) is 5.23. The van der Waals surface area contributed by atoms with E-state index in [-0.39, 0.29) is 0 Å². The van der Waals surface area contributed by atoms with Gasteiger partial charge in [0.05, 0.1) is 11.6 Å². The third-order valence-electron chi connectivity index (χ3n) is 1.41. The molecule has 0 unspecified atom stereocenters. The van der Waals surface area contributed by atoms with Crippen molar-refractivity contribution in [1.82, 2.24) is 15.3 Å². The van der Waals surface area contributed by atoms with Crippen LogP contribution >= 0.6 is 11.8 Å². The molecule has 0 aliphatic heterocycles. The van der Waals surface area contributed by atoms with Crippen LogP contribution in [0.2, 0.25) is 0 Å². The summed E-state index contributed by atoms with van der Waals surface area (Å²) >= 11 is 1.39. The van der Waals surface area contributed by atoms with Crippen LogP contribution in [0.4, 0.5) is 13.2 Å². The van der Waals surface area contributed by atoms with Gasteiger partial charge in [-0.2, -0.15) is 13.2 Å². The highest BCUT2D eigenvalue weighted by atomic mass is 32.2. The quantitative estimate of drug-likeness (QED) is 0.480. The van der Waals surface area contributed by atoms with E-state index in [4.69, 9.17) is 0 Å². The SMILES string of the molecule is FC(F)(F)CNCCSc1ccncn1. The zero-order valence-corrected chi connectivity index (χ0v) is 8.61. The molecule has 0 saturated carbocycles. The van der Waals surface area contributed by atoms with E-state index in [1.54, 1.807) is 12.3 Å². The first-order valence-electron chi connectivity index (χ1n) is 4.24. The summed E-state index contributed by atoms with van der Waals surface area (Å²) < 4.78 is 35.1. The second-order valence-electron chi connectivity index (χ2n) is 2.69. The van der Waals surface area contributed by atoms with Crippen molar-refractivity contribution in [2.75, 3.05) is 18.8 Å². The lowest BCUT2D eigenvalue weighted by Crippen LogP contribution is -2.30. The van der Waals surface area contributed by atoms with Crippen molar-refractivity contribution in [2.24, 2.45) is 0 Å². The van der Waals surface area contributed by atoms with Gasteiger partial charge in [0.15, 0.2) is 0 Å². The predicted molar refractivity (Wildman–Crippen MR) is 51.7 cm³/mol. The maximum atomic E-state index is 11.7. The van der Waals surface area contributed by atoms with Crippen molar-refractivity contribution >= 4 is 11.8 Å². The van der Waals surface area contributed by atoms with E-state index in [0.29, 0.717) is 12.3 Å². The normalized spacial score (nSPS) is 11.7. The van der Waals surface area contributed by atoms with Gasteiger partial charge in [0.25, 0.3) is 0 Å². The van der Waals surface area contributed by atoms with Crippen LogP contribution in [0.5, 0.6) is 0 Å². The summed E-state index contributed by atoms with van der Waals surface area (Å²) in [4.78, 5) is 7.66. The maximum Gasteiger partial charge on any atom is 0.401 e. The number of halogens is 3. The van der Waals surface area contributed by atoms with Crippen LogP contribution in [0.1, 0.15) is 0 Å². The topological polar surface area (TPSA) is 37.8 Å². The lowest BCUT2D eigenvalue weighted by Gasteiger charge is -2.07. The molecule has 0 aliphatic carbocycles. The van der Waals surface area contributed by atoms with Crippen LogP contribution in [0, 0.1) is 0 Å². The average molecular weight is 237 g/mol. The Morgan fingerprint density at radius 3 is 2.80 bits per heavy atom. The summed E-state index contributed by atoms with van der Waals surface area (Å²) in [5, 5.41) is 3.07. The fourth-order valence-corrected chi connectivity index (χ4v) is 1.56. The van der Waals surface area contributed by atoms with Gasteiger partial charge in [0.2, 0.25) is 0 Å². The van der Waals surface area contributed by atoms with E-state index in [9.17, 15) is 13.2 Å². The molecule has 3 nitrogen and oxygen atoms in total. The zero-order valence-electron chi connectivity index (χ0n) is 7.79. The summed E-state index contributed by atoms with van der Waals surface area (Å²) in [5.74, 6) is 0.549. The zero-order chi connectivity index (χ0) is 11.1. The van der Waals surface area contributed by atoms with Gasteiger partial charge in [-0.05, 0) is 6.07 Å². The Balaban J connectivity index is 2.08. The van der Waals surface area contributed by atoms with Gasteiger partial charge in [-0.1, -0.05) is 0 Å². The molecule has 0 amide bonds. The first kappa shape index (κ1) is 12.3. The molecular formula is C8H10F3N3S. The fourth-order valence-electron chi connectivity index (χ4n) is 0.822. The number of rotatable bonds is 5. The smallest absolute Gasteiger partial charge is 0.308 e. The molecule has 0 saturated heterocycles. The van der Waals surface area contributed by atoms with Gasteiger partial charge < -0.3 is 5.32 Å². The van der Waals surface area contributed by atoms with Crippen LogP contribution in [-0.4, -0.2) is 35.0 Å². The van der Waals surface area contributed by atoms with Crippen LogP contribution in [0.25, 0.3) is 0 Å². The molecule has 0 fully saturated rings. The minimum absolute atomic E-state index is 0.300. The average Bonchev–Trinajstić information content (AvgIpc) is 2.17. The summed E-state index contributed by atoms with van der Waals surface area (Å²) in [7, 11) is 0. The fraction of sp³-hybridized carbons (Fsp3) is 0.500. The van der Waals surface area contributed by atoms with E-state index in [1.165, 1.54) is 18.1 Å². The Bertz CT molecular complexity index is 278. The highest BCUT2D eigenvalue weighted by molar-refractivity contribution is 7.99. The van der Waals surface area contributed by atoms with Crippen molar-refractivity contribution in [1.29, 1.82) is 0 Å². The highest BCUT2D eigenvalue weighted by Gasteiger charge is 2.25. The number of aromatic nitrogens is 2. The Kier molecular flexibility index (Phi) is 4.83. The summed E-state index contributed by atoms with van der Waals surface area (Å²) in [6.45, 7) is -0.647. The second-order valence-corrected chi connectivity index (χ2v) is 3.80. The van der Waals surface area contributed by atoms with E-state index in [2.05, 4.69) is 15.3 Å². The van der Waals surface area contributed by atoms with Gasteiger partial charge in [-0.3, -0.25) is 0 Å². The number of nitrogens with one attached hydrogen (secondary N) is 1. The van der Waals surface area contributed by atoms with Crippen molar-refractivity contribution in [3.8, 4) is 0 Å². The van der Waals surface area contributed by atoms with Crippen molar-refractivity contribution < 1.29 is 13.2 Å². The largest absolute Gasteiger partial charge is 0.401 e. The van der Waals surface area contributed by atoms with Gasteiger partial charge in [0.1, 0.15) is 6.33 Å². The number of nitrogens with zero attached hydrogens (tertiary/aromatic N) is 2. The maximum absolute atomic E-state index is 11.7. The molecule has 7 heteroatoms. The second kappa shape index (κ2) is 5.92. The standard InChI is InChI=1S/C8H10F3N3S/c9-8(10,11)5-12-3-4-15-7-1-2-13-6-14-7/h1-2,6,12H,3-5H2. The van der Waals surface area contributed by atoms with E-state index in [0.717, 1.165) is 5.03 Å². The molecule has 1 aromatic heterocycles. The Hall–Kier alpha value is -0.820. The Morgan fingerprint density at radius 2 is 2.20 bits per heavy atom. The molecule has 0 aliphatic rings. The third kappa shape index (κ3) is 6.29. The molecular weight excluding hydrogens is 227 g/mol. The van der Waals surface area contributed by atoms with Gasteiger partial charge in [0, 0.05) is 18.5 Å². The van der Waals surface area contributed by atoms with Gasteiger partial charge in [-0.25, -0.2) is 9.97 Å². The molecule has 1 N–H and O–H groups in total. The minimum Gasteiger partial charge on any atom is -0.308 e. The predicted octanol–water partition coefficient (Wildman–Crippen LogP) is 1.72. The van der Waals surface area contributed by atoms with Crippen molar-refractivity contribution in [3.05, 3.63) is 18.6 Å². The van der Waals surface area contributed by atoms with Crippen LogP contribution in [0.15, 0.2) is 23.6 Å². The third-order valence-corrected chi connectivity index (χ3v) is 2.35. The number of hydrogen-bond acceptors (Lipinski definition) is 4. The molecule has 0 spiro atoms. The number of hydrogen-bond donors (Lipinski definition) is 1. The van der Waals surface area contributed by atoms with Gasteiger partial charge in [-0.15, -0.1) is 11.8 Å². The van der Waals surface area contributed by atoms with Gasteiger partial charge >= 0.3 is 6.18 Å². The summed E-state index contributed by atoms with van der Waals surface area (Å²) in [6, 6.07) is 1.72. The van der Waals surface area contributed by atoms with E-state index in [1.807, 2.05) is 0 Å². The molecule has 1 heterocycles. The molecule has 0 aromatic carbocycles. The first-order chi connectivity index (χ1) is 7.08. The number of alkyl halides is 3. The molecule has 1 aromatic rings. The molecule has 15 heavy (non-hydrogen) atoms. The van der Waals surface area contributed by atoms with Crippen LogP contribution < -0.4 is 5.32 Å². The van der Waals surface area contributed by atoms with E-state index >= 15 is 0 Å². The Labute approximate surface area is 89.5 Å². The van der Waals surface area contributed by atoms with Crippen molar-refractivity contribution in [2.45, 2.75) is 11.2 Å². The number of thioether (sulfide) groups is 1. The van der Waals surface area contributed by atoms with E-state index < -0.39 is 12.7 Å². The lowest BCUT2D eigenvalue weighted by atomic mass is 10.6. The summed E-state index contributed by atoms with van der Waals surface area (Å²) in [6.07, 6.45) is -1.14. The molecule has 0 bridgehead atoms. The molecule has 1 rings (SSSR count). The molecule has 0 radical (unpaired) electrons. The van der Waals surface area contributed by atoms with Crippen molar-refractivity contribution in [3.63, 3.8) is 0 Å². The molecule has 0 atom stereocenters. The van der Waals surface area contributed by atoms with Crippen LogP contribution in [-0.2, 0) is 0 Å². The highest BCUT2D eigenvalue weighted by Crippen LogP contribution is 2.13. The lowest BCUT2D eigenvalue weighted by molar-refractivity contribution is -0.124. The monoisotopic (exact) mass is 237 g/mol. The Morgan fingerprint density at radius 1 is 1.40 bits per heavy atom. The molecule has 84 valence electrons. The minimum atomic E-state index is -4.14. The summed E-state index contributed by atoms with van der Waals surface area (Å²) in [5.41, 5.74) is 0. The van der Waals surface area contributed by atoms with Crippen LogP contribution in [0.3, 0.4) is 0 Å².